The molecular formula is C18H19N5O3. The van der Waals surface area contributed by atoms with Gasteiger partial charge in [0.1, 0.15) is 12.1 Å². The molecule has 0 aliphatic heterocycles. The Bertz CT molecular complexity index is 887. The SMILES string of the molecule is O=C(COc1ccc2nncn2n1)Nc1ccc(OC2CCCC2)cc1. The van der Waals surface area contributed by atoms with Crippen LogP contribution in [0.5, 0.6) is 11.6 Å². The first-order valence-electron chi connectivity index (χ1n) is 8.63. The molecule has 8 nitrogen and oxygen atoms in total. The van der Waals surface area contributed by atoms with E-state index in [9.17, 15) is 4.79 Å². The Labute approximate surface area is 150 Å². The van der Waals surface area contributed by atoms with E-state index in [1.807, 2.05) is 24.3 Å². The lowest BCUT2D eigenvalue weighted by molar-refractivity contribution is -0.118. The highest BCUT2D eigenvalue weighted by atomic mass is 16.5. The van der Waals surface area contributed by atoms with Crippen LogP contribution in [0.4, 0.5) is 5.69 Å². The van der Waals surface area contributed by atoms with Crippen molar-refractivity contribution in [3.8, 4) is 11.6 Å². The number of benzene rings is 1. The maximum Gasteiger partial charge on any atom is 0.262 e. The van der Waals surface area contributed by atoms with Crippen molar-refractivity contribution in [1.29, 1.82) is 0 Å². The minimum Gasteiger partial charge on any atom is -0.490 e. The lowest BCUT2D eigenvalue weighted by Gasteiger charge is -2.13. The molecule has 134 valence electrons. The standard InChI is InChI=1S/C18H19N5O3/c24-17(11-25-18-10-9-16-21-19-12-23(16)22-18)20-13-5-7-15(8-6-13)26-14-3-1-2-4-14/h5-10,12,14H,1-4,11H2,(H,20,24). The van der Waals surface area contributed by atoms with Crippen LogP contribution in [0.2, 0.25) is 0 Å². The second kappa shape index (κ2) is 7.38. The van der Waals surface area contributed by atoms with Crippen molar-refractivity contribution in [2.75, 3.05) is 11.9 Å². The third-order valence-corrected chi connectivity index (χ3v) is 4.23. The number of carbonyl (C=O) groups excluding carboxylic acids is 1. The number of carbonyl (C=O) groups is 1. The largest absolute Gasteiger partial charge is 0.490 e. The van der Waals surface area contributed by atoms with Crippen LogP contribution in [0.1, 0.15) is 25.7 Å². The van der Waals surface area contributed by atoms with Crippen LogP contribution in [0, 0.1) is 0 Å². The average Bonchev–Trinajstić information content (AvgIpc) is 3.33. The van der Waals surface area contributed by atoms with Crippen LogP contribution in [0.3, 0.4) is 0 Å². The van der Waals surface area contributed by atoms with Crippen molar-refractivity contribution in [2.24, 2.45) is 0 Å². The van der Waals surface area contributed by atoms with Gasteiger partial charge in [-0.15, -0.1) is 15.3 Å². The first kappa shape index (κ1) is 16.3. The number of fused-ring (bicyclic) bond motifs is 1. The molecule has 2 heterocycles. The van der Waals surface area contributed by atoms with Gasteiger partial charge in [-0.3, -0.25) is 4.79 Å². The Kier molecular flexibility index (Phi) is 4.63. The highest BCUT2D eigenvalue weighted by molar-refractivity contribution is 5.91. The van der Waals surface area contributed by atoms with E-state index >= 15 is 0 Å². The third kappa shape index (κ3) is 3.90. The topological polar surface area (TPSA) is 90.6 Å². The Hall–Kier alpha value is -3.16. The quantitative estimate of drug-likeness (QED) is 0.732. The summed E-state index contributed by atoms with van der Waals surface area (Å²) in [5.41, 5.74) is 1.31. The summed E-state index contributed by atoms with van der Waals surface area (Å²) in [5.74, 6) is 0.894. The van der Waals surface area contributed by atoms with Gasteiger partial charge in [0.2, 0.25) is 5.88 Å². The number of aromatic nitrogens is 4. The summed E-state index contributed by atoms with van der Waals surface area (Å²) in [6.07, 6.45) is 6.49. The molecule has 8 heteroatoms. The van der Waals surface area contributed by atoms with E-state index in [4.69, 9.17) is 9.47 Å². The maximum absolute atomic E-state index is 12.0. The Morgan fingerprint density at radius 2 is 1.96 bits per heavy atom. The summed E-state index contributed by atoms with van der Waals surface area (Å²) < 4.78 is 12.8. The van der Waals surface area contributed by atoms with E-state index < -0.39 is 0 Å². The third-order valence-electron chi connectivity index (χ3n) is 4.23. The van der Waals surface area contributed by atoms with Crippen LogP contribution in [-0.4, -0.2) is 38.4 Å². The van der Waals surface area contributed by atoms with Gasteiger partial charge in [0.05, 0.1) is 6.10 Å². The zero-order valence-corrected chi connectivity index (χ0v) is 14.2. The molecule has 3 aromatic rings. The molecule has 1 aliphatic carbocycles. The molecule has 0 saturated heterocycles. The van der Waals surface area contributed by atoms with Gasteiger partial charge in [-0.25, -0.2) is 0 Å². The molecule has 4 rings (SSSR count). The number of nitrogens with one attached hydrogen (secondary N) is 1. The monoisotopic (exact) mass is 353 g/mol. The van der Waals surface area contributed by atoms with Crippen molar-refractivity contribution in [3.05, 3.63) is 42.7 Å². The summed E-state index contributed by atoms with van der Waals surface area (Å²) in [6.45, 7) is -0.138. The molecule has 2 aromatic heterocycles. The molecule has 1 N–H and O–H groups in total. The summed E-state index contributed by atoms with van der Waals surface area (Å²) in [6, 6.07) is 10.8. The molecule has 0 atom stereocenters. The Morgan fingerprint density at radius 3 is 2.77 bits per heavy atom. The van der Waals surface area contributed by atoms with E-state index in [0.717, 1.165) is 18.6 Å². The van der Waals surface area contributed by atoms with Gasteiger partial charge in [0.15, 0.2) is 12.3 Å². The maximum atomic E-state index is 12.0. The van der Waals surface area contributed by atoms with Crippen molar-refractivity contribution >= 4 is 17.2 Å². The first-order chi connectivity index (χ1) is 12.8. The zero-order valence-electron chi connectivity index (χ0n) is 14.2. The van der Waals surface area contributed by atoms with Crippen LogP contribution < -0.4 is 14.8 Å². The summed E-state index contributed by atoms with van der Waals surface area (Å²) in [5, 5.41) is 14.5. The van der Waals surface area contributed by atoms with Gasteiger partial charge in [0, 0.05) is 11.8 Å². The number of ether oxygens (including phenoxy) is 2. The molecule has 0 radical (unpaired) electrons. The zero-order chi connectivity index (χ0) is 17.8. The minimum atomic E-state index is -0.264. The number of anilines is 1. The van der Waals surface area contributed by atoms with Crippen LogP contribution >= 0.6 is 0 Å². The second-order valence-electron chi connectivity index (χ2n) is 6.19. The minimum absolute atomic E-state index is 0.138. The summed E-state index contributed by atoms with van der Waals surface area (Å²) >= 11 is 0. The van der Waals surface area contributed by atoms with Gasteiger partial charge in [-0.1, -0.05) is 0 Å². The molecular weight excluding hydrogens is 334 g/mol. The fraction of sp³-hybridized carbons (Fsp3) is 0.333. The van der Waals surface area contributed by atoms with Crippen molar-refractivity contribution in [3.63, 3.8) is 0 Å². The number of hydrogen-bond donors (Lipinski definition) is 1. The number of hydrogen-bond acceptors (Lipinski definition) is 6. The van der Waals surface area contributed by atoms with Crippen molar-refractivity contribution in [1.82, 2.24) is 19.8 Å². The number of rotatable bonds is 6. The van der Waals surface area contributed by atoms with Gasteiger partial charge in [0.25, 0.3) is 5.91 Å². The van der Waals surface area contributed by atoms with Crippen molar-refractivity contribution in [2.45, 2.75) is 31.8 Å². The van der Waals surface area contributed by atoms with Crippen LogP contribution in [0.25, 0.3) is 5.65 Å². The van der Waals surface area contributed by atoms with Gasteiger partial charge in [-0.05, 0) is 56.0 Å². The van der Waals surface area contributed by atoms with Crippen molar-refractivity contribution < 1.29 is 14.3 Å². The average molecular weight is 353 g/mol. The number of amides is 1. The predicted molar refractivity (Wildman–Crippen MR) is 94.2 cm³/mol. The molecule has 1 saturated carbocycles. The molecule has 26 heavy (non-hydrogen) atoms. The van der Waals surface area contributed by atoms with Crippen LogP contribution in [-0.2, 0) is 4.79 Å². The first-order valence-corrected chi connectivity index (χ1v) is 8.63. The van der Waals surface area contributed by atoms with Gasteiger partial charge in [-0.2, -0.15) is 4.52 Å². The molecule has 0 spiro atoms. The van der Waals surface area contributed by atoms with Gasteiger partial charge >= 0.3 is 0 Å². The Balaban J connectivity index is 1.28. The fourth-order valence-corrected chi connectivity index (χ4v) is 2.94. The van der Waals surface area contributed by atoms with E-state index in [2.05, 4.69) is 20.6 Å². The lowest BCUT2D eigenvalue weighted by atomic mass is 10.2. The molecule has 1 fully saturated rings. The van der Waals surface area contributed by atoms with Gasteiger partial charge < -0.3 is 14.8 Å². The molecule has 1 aromatic carbocycles. The van der Waals surface area contributed by atoms with E-state index in [0.29, 0.717) is 23.3 Å². The van der Waals surface area contributed by atoms with E-state index in [1.54, 1.807) is 12.1 Å². The highest BCUT2D eigenvalue weighted by Gasteiger charge is 2.16. The second-order valence-corrected chi connectivity index (χ2v) is 6.19. The van der Waals surface area contributed by atoms with E-state index in [-0.39, 0.29) is 12.5 Å². The molecule has 1 aliphatic rings. The molecule has 1 amide bonds. The summed E-state index contributed by atoms with van der Waals surface area (Å²) in [4.78, 5) is 12.0. The Morgan fingerprint density at radius 1 is 1.15 bits per heavy atom. The molecule has 0 bridgehead atoms. The predicted octanol–water partition coefficient (Wildman–Crippen LogP) is 2.46. The number of nitrogens with zero attached hydrogens (tertiary/aromatic N) is 4. The normalized spacial score (nSPS) is 14.5. The smallest absolute Gasteiger partial charge is 0.262 e. The lowest BCUT2D eigenvalue weighted by Crippen LogP contribution is -2.20. The highest BCUT2D eigenvalue weighted by Crippen LogP contribution is 2.25. The van der Waals surface area contributed by atoms with E-state index in [1.165, 1.54) is 23.7 Å². The fourth-order valence-electron chi connectivity index (χ4n) is 2.94. The van der Waals surface area contributed by atoms with Crippen LogP contribution in [0.15, 0.2) is 42.7 Å². The molecule has 0 unspecified atom stereocenters. The summed E-state index contributed by atoms with van der Waals surface area (Å²) in [7, 11) is 0.